The first-order valence-electron chi connectivity index (χ1n) is 7.10. The summed E-state index contributed by atoms with van der Waals surface area (Å²) in [4.78, 5) is 26.1. The summed E-state index contributed by atoms with van der Waals surface area (Å²) in [6, 6.07) is 4.66. The first-order chi connectivity index (χ1) is 11.5. The Kier molecular flexibility index (Phi) is 6.21. The number of carbonyl (C=O) groups excluding carboxylic acids is 2. The monoisotopic (exact) mass is 352 g/mol. The van der Waals surface area contributed by atoms with Crippen LogP contribution < -0.4 is 16.6 Å². The average molecular weight is 352 g/mol. The summed E-state index contributed by atoms with van der Waals surface area (Å²) in [7, 11) is 0. The molecule has 128 valence electrons. The quantitative estimate of drug-likeness (QED) is 0.419. The van der Waals surface area contributed by atoms with Crippen molar-refractivity contribution in [1.29, 1.82) is 0 Å². The van der Waals surface area contributed by atoms with Crippen LogP contribution in [0.4, 0.5) is 14.3 Å². The number of nitrogens with two attached hydrogens (primary N) is 1. The Hall–Kier alpha value is -2.52. The van der Waals surface area contributed by atoms with Gasteiger partial charge >= 0.3 is 6.09 Å². The molecule has 0 aliphatic heterocycles. The van der Waals surface area contributed by atoms with Gasteiger partial charge in [-0.1, -0.05) is 12.1 Å². The van der Waals surface area contributed by atoms with Crippen molar-refractivity contribution in [3.63, 3.8) is 0 Å². The van der Waals surface area contributed by atoms with E-state index in [1.54, 1.807) is 12.1 Å². The maximum absolute atomic E-state index is 14.1. The van der Waals surface area contributed by atoms with Crippen molar-refractivity contribution < 1.29 is 18.7 Å². The zero-order valence-corrected chi connectivity index (χ0v) is 13.8. The molecule has 4 N–H and O–H groups in total. The maximum Gasteiger partial charge on any atom is 0.421 e. The van der Waals surface area contributed by atoms with E-state index in [1.807, 2.05) is 10.8 Å². The van der Waals surface area contributed by atoms with Gasteiger partial charge in [-0.25, -0.2) is 20.0 Å². The van der Waals surface area contributed by atoms with E-state index in [4.69, 9.17) is 10.6 Å². The van der Waals surface area contributed by atoms with Crippen LogP contribution in [0.3, 0.4) is 0 Å². The van der Waals surface area contributed by atoms with Crippen molar-refractivity contribution in [2.45, 2.75) is 26.4 Å². The molecule has 1 aromatic carbocycles. The molecule has 0 aliphatic rings. The number of hydrogen-bond donors (Lipinski definition) is 3. The van der Waals surface area contributed by atoms with Crippen molar-refractivity contribution >= 4 is 28.5 Å². The third-order valence-corrected chi connectivity index (χ3v) is 3.90. The van der Waals surface area contributed by atoms with Gasteiger partial charge in [0.2, 0.25) is 5.91 Å². The van der Waals surface area contributed by atoms with Crippen molar-refractivity contribution in [1.82, 2.24) is 10.4 Å². The molecule has 1 heterocycles. The molecule has 7 nitrogen and oxygen atoms in total. The molecule has 24 heavy (non-hydrogen) atoms. The number of rotatable bonds is 6. The number of halogens is 1. The van der Waals surface area contributed by atoms with E-state index in [0.29, 0.717) is 29.1 Å². The topological polar surface area (TPSA) is 106 Å². The van der Waals surface area contributed by atoms with Gasteiger partial charge in [-0.3, -0.25) is 10.2 Å². The van der Waals surface area contributed by atoms with Gasteiger partial charge in [-0.05, 0) is 30.0 Å². The van der Waals surface area contributed by atoms with E-state index in [9.17, 15) is 14.0 Å². The van der Waals surface area contributed by atoms with Crippen LogP contribution in [-0.4, -0.2) is 17.0 Å². The Morgan fingerprint density at radius 3 is 2.83 bits per heavy atom. The number of anilines is 1. The maximum atomic E-state index is 14.1. The van der Waals surface area contributed by atoms with Crippen LogP contribution in [0, 0.1) is 5.82 Å². The number of nitrogens with zero attached hydrogens (tertiary/aromatic N) is 1. The summed E-state index contributed by atoms with van der Waals surface area (Å²) < 4.78 is 18.8. The normalized spacial score (nSPS) is 10.3. The fourth-order valence-electron chi connectivity index (χ4n) is 1.97. The zero-order chi connectivity index (χ0) is 17.5. The highest BCUT2D eigenvalue weighted by Crippen LogP contribution is 2.18. The highest BCUT2D eigenvalue weighted by molar-refractivity contribution is 7.13. The van der Waals surface area contributed by atoms with E-state index < -0.39 is 6.09 Å². The fourth-order valence-corrected chi connectivity index (χ4v) is 2.76. The zero-order valence-electron chi connectivity index (χ0n) is 13.0. The summed E-state index contributed by atoms with van der Waals surface area (Å²) in [6.07, 6.45) is 0.246. The third-order valence-electron chi connectivity index (χ3n) is 3.09. The van der Waals surface area contributed by atoms with Gasteiger partial charge in [-0.15, -0.1) is 11.3 Å². The molecular formula is C15H17FN4O3S. The largest absolute Gasteiger partial charge is 0.444 e. The van der Waals surface area contributed by atoms with Gasteiger partial charge in [0.15, 0.2) is 5.13 Å². The number of carbonyl (C=O) groups is 2. The molecule has 1 aromatic heterocycles. The Morgan fingerprint density at radius 1 is 1.38 bits per heavy atom. The number of ether oxygens (including phenoxy) is 1. The molecule has 2 rings (SSSR count). The van der Waals surface area contributed by atoms with E-state index in [-0.39, 0.29) is 18.3 Å². The Morgan fingerprint density at radius 2 is 2.17 bits per heavy atom. The molecule has 0 radical (unpaired) electrons. The molecule has 2 amide bonds. The van der Waals surface area contributed by atoms with Gasteiger partial charge in [-0.2, -0.15) is 0 Å². The molecule has 2 aromatic rings. The van der Waals surface area contributed by atoms with E-state index in [2.05, 4.69) is 10.3 Å². The number of nitrogens with one attached hydrogen (secondary N) is 2. The number of aromatic nitrogens is 1. The lowest BCUT2D eigenvalue weighted by atomic mass is 10.1. The molecule has 0 bridgehead atoms. The number of hydrazine groups is 1. The molecule has 0 aliphatic carbocycles. The minimum absolute atomic E-state index is 0.0631. The van der Waals surface area contributed by atoms with E-state index in [0.717, 1.165) is 5.69 Å². The van der Waals surface area contributed by atoms with Crippen LogP contribution in [0.25, 0.3) is 0 Å². The lowest BCUT2D eigenvalue weighted by Gasteiger charge is -2.07. The summed E-state index contributed by atoms with van der Waals surface area (Å²) in [6.45, 7) is 1.35. The Balaban J connectivity index is 1.91. The number of amides is 2. The lowest BCUT2D eigenvalue weighted by molar-refractivity contribution is -0.114. The summed E-state index contributed by atoms with van der Waals surface area (Å²) in [5.41, 5.74) is 3.68. The second kappa shape index (κ2) is 8.37. The fraction of sp³-hybridized carbons (Fsp3) is 0.267. The smallest absolute Gasteiger partial charge is 0.421 e. The molecular weight excluding hydrogens is 335 g/mol. The number of benzene rings is 1. The molecule has 0 saturated carbocycles. The van der Waals surface area contributed by atoms with Crippen LogP contribution in [0.1, 0.15) is 23.7 Å². The van der Waals surface area contributed by atoms with Crippen molar-refractivity contribution in [3.8, 4) is 0 Å². The van der Waals surface area contributed by atoms with E-state index >= 15 is 0 Å². The van der Waals surface area contributed by atoms with Crippen LogP contribution in [0.15, 0.2) is 23.6 Å². The molecule has 0 fully saturated rings. The first-order valence-corrected chi connectivity index (χ1v) is 7.98. The second-order valence-electron chi connectivity index (χ2n) is 4.97. The summed E-state index contributed by atoms with van der Waals surface area (Å²) in [5, 5.41) is 4.97. The Bertz CT molecular complexity index is 735. The van der Waals surface area contributed by atoms with Crippen LogP contribution in [0.2, 0.25) is 0 Å². The molecule has 0 spiro atoms. The molecule has 0 atom stereocenters. The van der Waals surface area contributed by atoms with Gasteiger partial charge < -0.3 is 10.1 Å². The van der Waals surface area contributed by atoms with Gasteiger partial charge in [0, 0.05) is 12.3 Å². The highest BCUT2D eigenvalue weighted by atomic mass is 32.1. The lowest BCUT2D eigenvalue weighted by Crippen LogP contribution is -2.30. The van der Waals surface area contributed by atoms with Gasteiger partial charge in [0.25, 0.3) is 0 Å². The van der Waals surface area contributed by atoms with Crippen LogP contribution in [-0.2, 0) is 29.0 Å². The highest BCUT2D eigenvalue weighted by Gasteiger charge is 2.08. The van der Waals surface area contributed by atoms with Crippen molar-refractivity contribution in [3.05, 3.63) is 46.2 Å². The number of thiazole rings is 1. The predicted molar refractivity (Wildman–Crippen MR) is 87.7 cm³/mol. The van der Waals surface area contributed by atoms with Crippen molar-refractivity contribution in [2.24, 2.45) is 5.84 Å². The van der Waals surface area contributed by atoms with Crippen LogP contribution >= 0.6 is 11.3 Å². The SMILES string of the molecule is CC(=O)Nc1nc(CCc2ccc(COC(=O)NN)cc2F)cs1. The van der Waals surface area contributed by atoms with Crippen molar-refractivity contribution in [2.75, 3.05) is 5.32 Å². The average Bonchev–Trinajstić information content (AvgIpc) is 2.98. The first kappa shape index (κ1) is 17.8. The standard InChI is InChI=1S/C15H17FN4O3S/c1-9(21)18-14-19-12(8-24-14)5-4-11-3-2-10(6-13(11)16)7-23-15(22)20-17/h2-3,6,8H,4-5,7,17H2,1H3,(H,20,22)(H,18,19,21). The number of aryl methyl sites for hydroxylation is 2. The molecule has 0 unspecified atom stereocenters. The summed E-state index contributed by atoms with van der Waals surface area (Å²) >= 11 is 1.33. The van der Waals surface area contributed by atoms with Gasteiger partial charge in [0.1, 0.15) is 12.4 Å². The van der Waals surface area contributed by atoms with E-state index in [1.165, 1.54) is 24.3 Å². The van der Waals surface area contributed by atoms with Crippen LogP contribution in [0.5, 0.6) is 0 Å². The second-order valence-corrected chi connectivity index (χ2v) is 5.83. The molecule has 0 saturated heterocycles. The van der Waals surface area contributed by atoms with Gasteiger partial charge in [0.05, 0.1) is 5.69 Å². The minimum atomic E-state index is -0.780. The predicted octanol–water partition coefficient (Wildman–Crippen LogP) is 2.13. The molecule has 9 heteroatoms. The third kappa shape index (κ3) is 5.28. The Labute approximate surface area is 142 Å². The summed E-state index contributed by atoms with van der Waals surface area (Å²) in [5.74, 6) is 4.34. The minimum Gasteiger partial charge on any atom is -0.444 e. The number of hydrogen-bond acceptors (Lipinski definition) is 6.